The van der Waals surface area contributed by atoms with Crippen molar-refractivity contribution < 1.29 is 13.9 Å². The predicted molar refractivity (Wildman–Crippen MR) is 258 cm³/mol. The van der Waals surface area contributed by atoms with Gasteiger partial charge in [0.15, 0.2) is 17.2 Å². The Labute approximate surface area is 373 Å². The van der Waals surface area contributed by atoms with E-state index >= 15 is 0 Å². The Bertz CT molecular complexity index is 3540. The van der Waals surface area contributed by atoms with E-state index in [4.69, 9.17) is 4.74 Å². The molecule has 13 rings (SSSR count). The minimum Gasteiger partial charge on any atom is -0.392 e. The summed E-state index contributed by atoms with van der Waals surface area (Å²) in [5, 5.41) is 0. The second-order valence-electron chi connectivity index (χ2n) is 18.6. The van der Waals surface area contributed by atoms with Crippen molar-refractivity contribution in [2.24, 2.45) is 0 Å². The molecule has 5 heterocycles. The number of imidazole rings is 1. The van der Waals surface area contributed by atoms with Gasteiger partial charge < -0.3 is 4.74 Å². The van der Waals surface area contributed by atoms with Gasteiger partial charge in [0.2, 0.25) is 5.69 Å². The molecule has 1 atom stereocenters. The Balaban J connectivity index is 1.16. The molecule has 0 saturated heterocycles. The molecule has 0 bridgehead atoms. The smallest absolute Gasteiger partial charge is 0.392 e. The topological polar surface area (TPSA) is 21.9 Å². The van der Waals surface area contributed by atoms with Crippen molar-refractivity contribution in [2.45, 2.75) is 39.0 Å². The molecule has 2 aromatic heterocycles. The zero-order valence-corrected chi connectivity index (χ0v) is 36.3. The van der Waals surface area contributed by atoms with Crippen LogP contribution in [0.5, 0.6) is 5.75 Å². The highest BCUT2D eigenvalue weighted by molar-refractivity contribution is 6.00. The van der Waals surface area contributed by atoms with Crippen molar-refractivity contribution in [2.75, 3.05) is 0 Å². The molecule has 0 saturated carbocycles. The number of hydrogen-bond donors (Lipinski definition) is 0. The maximum atomic E-state index is 7.70. The van der Waals surface area contributed by atoms with E-state index in [-0.39, 0.29) is 5.41 Å². The fraction of sp³-hybridized carbons (Fsp3) is 0.100. The van der Waals surface area contributed by atoms with Crippen LogP contribution >= 0.6 is 0 Å². The summed E-state index contributed by atoms with van der Waals surface area (Å²) in [5.41, 5.74) is 22.4. The molecule has 8 aromatic carbocycles. The van der Waals surface area contributed by atoms with Gasteiger partial charge in [-0.25, -0.2) is 0 Å². The zero-order chi connectivity index (χ0) is 42.9. The third kappa shape index (κ3) is 5.11. The summed E-state index contributed by atoms with van der Waals surface area (Å²) < 4.78 is 15.2. The molecule has 0 fully saturated rings. The first-order chi connectivity index (χ1) is 31.3. The second kappa shape index (κ2) is 13.3. The molecule has 1 unspecified atom stereocenters. The molecule has 64 heavy (non-hydrogen) atoms. The first kappa shape index (κ1) is 36.8. The van der Waals surface area contributed by atoms with Crippen molar-refractivity contribution in [3.8, 4) is 89.7 Å². The fourth-order valence-electron chi connectivity index (χ4n) is 10.8. The zero-order valence-electron chi connectivity index (χ0n) is 36.3. The van der Waals surface area contributed by atoms with Gasteiger partial charge in [0.25, 0.3) is 0 Å². The lowest BCUT2D eigenvalue weighted by atomic mass is 9.85. The predicted octanol–water partition coefficient (Wildman–Crippen LogP) is 13.7. The van der Waals surface area contributed by atoms with Crippen LogP contribution in [0, 0.1) is 6.92 Å². The Morgan fingerprint density at radius 2 is 1.11 bits per heavy atom. The minimum absolute atomic E-state index is 0.0740. The third-order valence-corrected chi connectivity index (χ3v) is 13.8. The number of aromatic nitrogens is 3. The van der Waals surface area contributed by atoms with Gasteiger partial charge in [0.1, 0.15) is 22.6 Å². The first-order valence-corrected chi connectivity index (χ1v) is 22.3. The van der Waals surface area contributed by atoms with E-state index in [1.807, 2.05) is 0 Å². The van der Waals surface area contributed by atoms with Crippen LogP contribution in [0.3, 0.4) is 0 Å². The number of para-hydroxylation sites is 2. The molecule has 3 aliphatic heterocycles. The molecular weight excluding hydrogens is 779 g/mol. The normalized spacial score (nSPS) is 15.1. The van der Waals surface area contributed by atoms with E-state index < -0.39 is 5.85 Å². The first-order valence-electron chi connectivity index (χ1n) is 22.3. The van der Waals surface area contributed by atoms with Crippen molar-refractivity contribution in [1.82, 2.24) is 4.57 Å². The molecule has 304 valence electrons. The van der Waals surface area contributed by atoms with Crippen LogP contribution in [0.25, 0.3) is 95.0 Å². The molecular formula is C60H45N3O+2. The third-order valence-electron chi connectivity index (χ3n) is 13.8. The Morgan fingerprint density at radius 1 is 0.484 bits per heavy atom. The van der Waals surface area contributed by atoms with E-state index in [1.165, 1.54) is 72.3 Å². The van der Waals surface area contributed by atoms with Crippen molar-refractivity contribution >= 4 is 11.0 Å². The van der Waals surface area contributed by atoms with Gasteiger partial charge in [0, 0.05) is 28.8 Å². The fourth-order valence-corrected chi connectivity index (χ4v) is 10.8. The Kier molecular flexibility index (Phi) is 7.67. The standard InChI is InChI=1S/C60H45N3O/c1-38-33-54(49(41-21-12-7-13-22-41)37-48(38)42-27-29-45(30-28-42)59(2,3)4)62-52-25-16-24-46-50-34-44(40-19-10-6-11-20-40)35-51-53-36-43(39-17-8-5-9-18-39)31-32-61(53)60(56(50)51)63(57(46)52)58(62)47-23-14-15-26-55(47)64-60/h5-37H,1-4H3/q+2. The van der Waals surface area contributed by atoms with Gasteiger partial charge in [-0.2, -0.15) is 4.57 Å². The number of hydrogen-bond acceptors (Lipinski definition) is 1. The van der Waals surface area contributed by atoms with Crippen LogP contribution in [-0.4, -0.2) is 4.57 Å². The highest BCUT2D eigenvalue weighted by Gasteiger charge is 2.68. The van der Waals surface area contributed by atoms with Gasteiger partial charge in [0.05, 0.1) is 5.56 Å². The van der Waals surface area contributed by atoms with Gasteiger partial charge in [-0.05, 0) is 111 Å². The Morgan fingerprint density at radius 3 is 1.83 bits per heavy atom. The van der Waals surface area contributed by atoms with E-state index in [9.17, 15) is 0 Å². The molecule has 0 amide bonds. The number of rotatable bonds is 5. The quantitative estimate of drug-likeness (QED) is 0.159. The average Bonchev–Trinajstić information content (AvgIpc) is 3.83. The van der Waals surface area contributed by atoms with Crippen molar-refractivity contribution in [3.63, 3.8) is 0 Å². The molecule has 4 nitrogen and oxygen atoms in total. The summed E-state index contributed by atoms with van der Waals surface area (Å²) in [6.45, 7) is 9.09. The number of nitrogens with zero attached hydrogens (tertiary/aromatic N) is 3. The lowest BCUT2D eigenvalue weighted by Crippen LogP contribution is -2.78. The van der Waals surface area contributed by atoms with Crippen LogP contribution < -0.4 is 13.9 Å². The largest absolute Gasteiger partial charge is 0.499 e. The lowest BCUT2D eigenvalue weighted by molar-refractivity contribution is -0.997. The summed E-state index contributed by atoms with van der Waals surface area (Å²) in [7, 11) is 0. The second-order valence-corrected chi connectivity index (χ2v) is 18.6. The number of fused-ring (bicyclic) bond motifs is 5. The highest BCUT2D eigenvalue weighted by atomic mass is 16.5. The van der Waals surface area contributed by atoms with Gasteiger partial charge in [-0.3, -0.25) is 0 Å². The van der Waals surface area contributed by atoms with Crippen LogP contribution in [0.4, 0.5) is 0 Å². The van der Waals surface area contributed by atoms with E-state index in [2.05, 4.69) is 242 Å². The Hall–Kier alpha value is -7.82. The van der Waals surface area contributed by atoms with Crippen LogP contribution in [0.15, 0.2) is 200 Å². The lowest BCUT2D eigenvalue weighted by Gasteiger charge is -2.32. The van der Waals surface area contributed by atoms with Crippen LogP contribution in [-0.2, 0) is 11.3 Å². The number of aryl methyl sites for hydroxylation is 1. The highest BCUT2D eigenvalue weighted by Crippen LogP contribution is 2.54. The van der Waals surface area contributed by atoms with Crippen LogP contribution in [0.2, 0.25) is 0 Å². The van der Waals surface area contributed by atoms with E-state index in [0.29, 0.717) is 0 Å². The number of benzene rings is 8. The minimum atomic E-state index is -1.05. The summed E-state index contributed by atoms with van der Waals surface area (Å²) in [6.07, 6.45) is 2.25. The molecule has 3 aliphatic rings. The monoisotopic (exact) mass is 823 g/mol. The van der Waals surface area contributed by atoms with Gasteiger partial charge >= 0.3 is 11.7 Å². The summed E-state index contributed by atoms with van der Waals surface area (Å²) in [6, 6.07) is 71.3. The molecule has 0 aliphatic carbocycles. The van der Waals surface area contributed by atoms with Crippen molar-refractivity contribution in [1.29, 1.82) is 0 Å². The summed E-state index contributed by atoms with van der Waals surface area (Å²) in [4.78, 5) is 0. The summed E-state index contributed by atoms with van der Waals surface area (Å²) in [5.74, 6) is 0.877. The molecule has 1 spiro atoms. The average molecular weight is 824 g/mol. The number of pyridine rings is 1. The molecule has 0 radical (unpaired) electrons. The molecule has 10 aromatic rings. The molecule has 4 heteroatoms. The summed E-state index contributed by atoms with van der Waals surface area (Å²) >= 11 is 0. The number of ether oxygens (including phenoxy) is 1. The van der Waals surface area contributed by atoms with E-state index in [1.54, 1.807) is 0 Å². The van der Waals surface area contributed by atoms with Gasteiger partial charge in [-0.15, -0.1) is 9.13 Å². The van der Waals surface area contributed by atoms with E-state index in [0.717, 1.165) is 45.1 Å². The van der Waals surface area contributed by atoms with Crippen molar-refractivity contribution in [3.05, 3.63) is 217 Å². The SMILES string of the molecule is Cc1cc(-n2c3[n+]4c5c(cccc52)-c2cc(-c5ccccc5)cc5c2C4(Oc2ccccc2-3)[n+]2ccc(-c3ccccc3)cc2-5)c(-c2ccccc2)cc1-c1ccc(C(C)(C)C)cc1. The molecule has 0 N–H and O–H groups in total. The van der Waals surface area contributed by atoms with Crippen LogP contribution in [0.1, 0.15) is 37.5 Å². The maximum absolute atomic E-state index is 7.70. The van der Waals surface area contributed by atoms with Gasteiger partial charge in [-0.1, -0.05) is 154 Å². The maximum Gasteiger partial charge on any atom is 0.499 e.